The zero-order chi connectivity index (χ0) is 13.1. The standard InChI is InChI=1S/C13H21N3OS/c1-9-15-7-12(18-9)8-16(2)13(17)10-4-3-5-11(14)6-10/h7,10-11H,3-6,8,14H2,1-2H3. The fourth-order valence-electron chi connectivity index (χ4n) is 2.55. The summed E-state index contributed by atoms with van der Waals surface area (Å²) >= 11 is 1.65. The zero-order valence-electron chi connectivity index (χ0n) is 11.1. The van der Waals surface area contributed by atoms with Crippen LogP contribution in [0.2, 0.25) is 0 Å². The molecule has 0 saturated heterocycles. The van der Waals surface area contributed by atoms with Gasteiger partial charge in [0.15, 0.2) is 0 Å². The van der Waals surface area contributed by atoms with E-state index in [0.717, 1.165) is 35.6 Å². The van der Waals surface area contributed by atoms with Crippen LogP contribution in [-0.4, -0.2) is 28.9 Å². The van der Waals surface area contributed by atoms with Crippen LogP contribution in [0.25, 0.3) is 0 Å². The summed E-state index contributed by atoms with van der Waals surface area (Å²) in [6.07, 6.45) is 5.81. The highest BCUT2D eigenvalue weighted by Crippen LogP contribution is 2.25. The van der Waals surface area contributed by atoms with Crippen molar-refractivity contribution in [3.63, 3.8) is 0 Å². The van der Waals surface area contributed by atoms with Gasteiger partial charge in [-0.3, -0.25) is 4.79 Å². The number of carbonyl (C=O) groups excluding carboxylic acids is 1. The Labute approximate surface area is 112 Å². The number of aromatic nitrogens is 1. The Morgan fingerprint density at radius 2 is 2.39 bits per heavy atom. The van der Waals surface area contributed by atoms with Crippen molar-refractivity contribution in [3.8, 4) is 0 Å². The first kappa shape index (κ1) is 13.5. The summed E-state index contributed by atoms with van der Waals surface area (Å²) in [7, 11) is 1.87. The number of nitrogens with zero attached hydrogens (tertiary/aromatic N) is 2. The first-order chi connectivity index (χ1) is 8.56. The van der Waals surface area contributed by atoms with Crippen LogP contribution >= 0.6 is 11.3 Å². The monoisotopic (exact) mass is 267 g/mol. The molecule has 2 unspecified atom stereocenters. The SMILES string of the molecule is Cc1ncc(CN(C)C(=O)C2CCCC(N)C2)s1. The van der Waals surface area contributed by atoms with E-state index in [1.165, 1.54) is 0 Å². The summed E-state index contributed by atoms with van der Waals surface area (Å²) in [4.78, 5) is 19.5. The third-order valence-electron chi connectivity index (χ3n) is 3.50. The van der Waals surface area contributed by atoms with E-state index in [0.29, 0.717) is 6.54 Å². The second kappa shape index (κ2) is 5.80. The maximum atomic E-state index is 12.3. The van der Waals surface area contributed by atoms with Crippen molar-refractivity contribution >= 4 is 17.2 Å². The van der Waals surface area contributed by atoms with Gasteiger partial charge in [0.1, 0.15) is 0 Å². The van der Waals surface area contributed by atoms with Crippen LogP contribution in [0.15, 0.2) is 6.20 Å². The molecule has 1 aromatic rings. The lowest BCUT2D eigenvalue weighted by molar-refractivity contribution is -0.135. The van der Waals surface area contributed by atoms with E-state index in [4.69, 9.17) is 5.73 Å². The van der Waals surface area contributed by atoms with Gasteiger partial charge in [0.05, 0.1) is 11.6 Å². The predicted octanol–water partition coefficient (Wildman–Crippen LogP) is 1.93. The molecule has 1 heterocycles. The molecule has 100 valence electrons. The van der Waals surface area contributed by atoms with Crippen LogP contribution < -0.4 is 5.73 Å². The van der Waals surface area contributed by atoms with Crippen LogP contribution in [0.3, 0.4) is 0 Å². The first-order valence-corrected chi connectivity index (χ1v) is 7.29. The number of nitrogens with two attached hydrogens (primary N) is 1. The van der Waals surface area contributed by atoms with Gasteiger partial charge in [-0.05, 0) is 26.2 Å². The van der Waals surface area contributed by atoms with Crippen LogP contribution in [0.1, 0.15) is 35.6 Å². The second-order valence-electron chi connectivity index (χ2n) is 5.16. The van der Waals surface area contributed by atoms with Gasteiger partial charge in [-0.15, -0.1) is 11.3 Å². The number of rotatable bonds is 3. The average molecular weight is 267 g/mol. The number of carbonyl (C=O) groups is 1. The number of hydrogen-bond acceptors (Lipinski definition) is 4. The normalized spacial score (nSPS) is 23.9. The minimum atomic E-state index is 0.118. The summed E-state index contributed by atoms with van der Waals surface area (Å²) < 4.78 is 0. The summed E-state index contributed by atoms with van der Waals surface area (Å²) in [6, 6.07) is 0.201. The minimum Gasteiger partial charge on any atom is -0.340 e. The van der Waals surface area contributed by atoms with Crippen LogP contribution in [0.4, 0.5) is 0 Å². The van der Waals surface area contributed by atoms with Crippen molar-refractivity contribution in [3.05, 3.63) is 16.1 Å². The molecule has 0 spiro atoms. The molecule has 0 bridgehead atoms. The molecular weight excluding hydrogens is 246 g/mol. The summed E-state index contributed by atoms with van der Waals surface area (Å²) in [6.45, 7) is 2.65. The number of aryl methyl sites for hydroxylation is 1. The second-order valence-corrected chi connectivity index (χ2v) is 6.48. The molecule has 2 atom stereocenters. The van der Waals surface area contributed by atoms with Gasteiger partial charge in [-0.2, -0.15) is 0 Å². The van der Waals surface area contributed by atoms with Crippen molar-refractivity contribution in [2.24, 2.45) is 11.7 Å². The third kappa shape index (κ3) is 3.29. The first-order valence-electron chi connectivity index (χ1n) is 6.48. The van der Waals surface area contributed by atoms with E-state index in [1.54, 1.807) is 11.3 Å². The molecule has 1 amide bonds. The van der Waals surface area contributed by atoms with E-state index in [9.17, 15) is 4.79 Å². The maximum absolute atomic E-state index is 12.3. The lowest BCUT2D eigenvalue weighted by atomic mass is 9.85. The number of hydrogen-bond donors (Lipinski definition) is 1. The van der Waals surface area contributed by atoms with Gasteiger partial charge in [0.25, 0.3) is 0 Å². The zero-order valence-corrected chi connectivity index (χ0v) is 11.9. The van der Waals surface area contributed by atoms with Crippen LogP contribution in [0.5, 0.6) is 0 Å². The lowest BCUT2D eigenvalue weighted by Gasteiger charge is -2.29. The van der Waals surface area contributed by atoms with E-state index in [2.05, 4.69) is 4.98 Å². The highest BCUT2D eigenvalue weighted by Gasteiger charge is 2.27. The Kier molecular flexibility index (Phi) is 4.35. The van der Waals surface area contributed by atoms with Crippen molar-refractivity contribution in [2.45, 2.75) is 45.2 Å². The van der Waals surface area contributed by atoms with Crippen molar-refractivity contribution < 1.29 is 4.79 Å². The molecular formula is C13H21N3OS. The molecule has 18 heavy (non-hydrogen) atoms. The molecule has 1 fully saturated rings. The topological polar surface area (TPSA) is 59.2 Å². The van der Waals surface area contributed by atoms with E-state index in [1.807, 2.05) is 25.1 Å². The average Bonchev–Trinajstić information content (AvgIpc) is 2.73. The van der Waals surface area contributed by atoms with Gasteiger partial charge < -0.3 is 10.6 Å². The Morgan fingerprint density at radius 1 is 1.61 bits per heavy atom. The summed E-state index contributed by atoms with van der Waals surface area (Å²) in [5.41, 5.74) is 5.94. The quantitative estimate of drug-likeness (QED) is 0.910. The molecule has 2 rings (SSSR count). The smallest absolute Gasteiger partial charge is 0.225 e. The van der Waals surface area contributed by atoms with Crippen molar-refractivity contribution in [2.75, 3.05) is 7.05 Å². The fraction of sp³-hybridized carbons (Fsp3) is 0.692. The Morgan fingerprint density at radius 3 is 3.00 bits per heavy atom. The largest absolute Gasteiger partial charge is 0.340 e. The molecule has 0 aromatic carbocycles. The molecule has 1 aromatic heterocycles. The highest BCUT2D eigenvalue weighted by atomic mass is 32.1. The third-order valence-corrected chi connectivity index (χ3v) is 4.40. The van der Waals surface area contributed by atoms with E-state index >= 15 is 0 Å². The molecule has 1 aliphatic rings. The lowest BCUT2D eigenvalue weighted by Crippen LogP contribution is -2.38. The molecule has 5 heteroatoms. The van der Waals surface area contributed by atoms with Gasteiger partial charge in [-0.1, -0.05) is 6.42 Å². The molecule has 1 saturated carbocycles. The Hall–Kier alpha value is -0.940. The number of amides is 1. The highest BCUT2D eigenvalue weighted by molar-refractivity contribution is 7.11. The van der Waals surface area contributed by atoms with Crippen molar-refractivity contribution in [1.29, 1.82) is 0 Å². The molecule has 1 aliphatic carbocycles. The number of thiazole rings is 1. The Balaban J connectivity index is 1.91. The molecule has 0 aliphatic heterocycles. The minimum absolute atomic E-state index is 0.118. The Bertz CT molecular complexity index is 418. The maximum Gasteiger partial charge on any atom is 0.225 e. The van der Waals surface area contributed by atoms with Crippen LogP contribution in [-0.2, 0) is 11.3 Å². The molecule has 4 nitrogen and oxygen atoms in total. The van der Waals surface area contributed by atoms with E-state index in [-0.39, 0.29) is 17.9 Å². The van der Waals surface area contributed by atoms with Crippen molar-refractivity contribution in [1.82, 2.24) is 9.88 Å². The van der Waals surface area contributed by atoms with Gasteiger partial charge in [0.2, 0.25) is 5.91 Å². The summed E-state index contributed by atoms with van der Waals surface area (Å²) in [5, 5.41) is 1.05. The van der Waals surface area contributed by atoms with Gasteiger partial charge in [0, 0.05) is 30.1 Å². The molecule has 2 N–H and O–H groups in total. The van der Waals surface area contributed by atoms with Gasteiger partial charge in [-0.25, -0.2) is 4.98 Å². The van der Waals surface area contributed by atoms with Gasteiger partial charge >= 0.3 is 0 Å². The van der Waals surface area contributed by atoms with Crippen LogP contribution in [0, 0.1) is 12.8 Å². The molecule has 0 radical (unpaired) electrons. The predicted molar refractivity (Wildman–Crippen MR) is 73.3 cm³/mol. The van der Waals surface area contributed by atoms with E-state index < -0.39 is 0 Å². The summed E-state index contributed by atoms with van der Waals surface area (Å²) in [5.74, 6) is 0.351. The fourth-order valence-corrected chi connectivity index (χ4v) is 3.40.